The number of hydrogen-bond acceptors (Lipinski definition) is 6. The molecule has 1 amide bonds. The molecular formula is C30H24F3N5O3. The molecule has 0 spiro atoms. The van der Waals surface area contributed by atoms with Gasteiger partial charge in [0.1, 0.15) is 5.82 Å². The smallest absolute Gasteiger partial charge is 0.416 e. The first-order valence-corrected chi connectivity index (χ1v) is 12.4. The molecule has 0 aliphatic carbocycles. The Labute approximate surface area is 232 Å². The van der Waals surface area contributed by atoms with Crippen LogP contribution in [0.25, 0.3) is 22.0 Å². The summed E-state index contributed by atoms with van der Waals surface area (Å²) in [5.41, 5.74) is 2.08. The Bertz CT molecular complexity index is 1830. The van der Waals surface area contributed by atoms with Gasteiger partial charge >= 0.3 is 6.18 Å². The minimum atomic E-state index is -4.57. The predicted octanol–water partition coefficient (Wildman–Crippen LogP) is 6.33. The number of anilines is 3. The van der Waals surface area contributed by atoms with Crippen molar-refractivity contribution < 1.29 is 22.7 Å². The van der Waals surface area contributed by atoms with E-state index in [1.807, 2.05) is 6.92 Å². The lowest BCUT2D eigenvalue weighted by molar-refractivity contribution is -0.137. The molecule has 0 unspecified atom stereocenters. The zero-order chi connectivity index (χ0) is 29.3. The summed E-state index contributed by atoms with van der Waals surface area (Å²) in [7, 11) is 3.19. The highest BCUT2D eigenvalue weighted by Crippen LogP contribution is 2.31. The van der Waals surface area contributed by atoms with Crippen molar-refractivity contribution in [2.45, 2.75) is 13.1 Å². The Kier molecular flexibility index (Phi) is 7.19. The third-order valence-corrected chi connectivity index (χ3v) is 6.56. The molecule has 0 aliphatic rings. The number of pyridine rings is 3. The highest BCUT2D eigenvalue weighted by Gasteiger charge is 2.31. The van der Waals surface area contributed by atoms with Gasteiger partial charge in [0.2, 0.25) is 5.88 Å². The Morgan fingerprint density at radius 3 is 2.41 bits per heavy atom. The summed E-state index contributed by atoms with van der Waals surface area (Å²) in [4.78, 5) is 34.8. The van der Waals surface area contributed by atoms with Gasteiger partial charge in [-0.15, -0.1) is 0 Å². The van der Waals surface area contributed by atoms with Crippen LogP contribution in [-0.2, 0) is 13.2 Å². The van der Waals surface area contributed by atoms with E-state index in [0.29, 0.717) is 45.1 Å². The van der Waals surface area contributed by atoms with Crippen molar-refractivity contribution in [2.75, 3.05) is 17.7 Å². The highest BCUT2D eigenvalue weighted by atomic mass is 19.4. The standard InChI is InChI=1S/C30H24F3N5O3/c1-17-7-8-21(37-28(39)18-5-4-6-20(11-18)30(31,32)33)13-23(17)24-12-19-15-34-26(14-25(19)38(2)29(24)40)36-22-9-10-27(41-3)35-16-22/h4-16H,1-3H3,(H,34,36)(H,37,39). The quantitative estimate of drug-likeness (QED) is 0.252. The number of aromatic nitrogens is 3. The van der Waals surface area contributed by atoms with Crippen molar-refractivity contribution in [1.82, 2.24) is 14.5 Å². The second-order valence-corrected chi connectivity index (χ2v) is 9.33. The molecule has 0 fully saturated rings. The van der Waals surface area contributed by atoms with Gasteiger partial charge in [-0.3, -0.25) is 9.59 Å². The number of carbonyl (C=O) groups excluding carboxylic acids is 1. The molecule has 0 bridgehead atoms. The molecule has 0 radical (unpaired) electrons. The van der Waals surface area contributed by atoms with Crippen molar-refractivity contribution in [3.8, 4) is 17.0 Å². The van der Waals surface area contributed by atoms with Gasteiger partial charge < -0.3 is 19.9 Å². The minimum absolute atomic E-state index is 0.135. The number of rotatable bonds is 6. The minimum Gasteiger partial charge on any atom is -0.481 e. The summed E-state index contributed by atoms with van der Waals surface area (Å²) in [6.45, 7) is 1.82. The summed E-state index contributed by atoms with van der Waals surface area (Å²) < 4.78 is 45.9. The van der Waals surface area contributed by atoms with Gasteiger partial charge in [-0.05, 0) is 60.5 Å². The molecule has 0 aliphatic heterocycles. The first kappa shape index (κ1) is 27.4. The first-order valence-electron chi connectivity index (χ1n) is 12.4. The van der Waals surface area contributed by atoms with Gasteiger partial charge in [0.05, 0.1) is 30.1 Å². The monoisotopic (exact) mass is 559 g/mol. The number of halogens is 3. The molecule has 0 atom stereocenters. The van der Waals surface area contributed by atoms with Gasteiger partial charge in [0, 0.05) is 47.6 Å². The van der Waals surface area contributed by atoms with Gasteiger partial charge in [-0.2, -0.15) is 13.2 Å². The third kappa shape index (κ3) is 5.74. The second-order valence-electron chi connectivity index (χ2n) is 9.33. The van der Waals surface area contributed by atoms with E-state index < -0.39 is 17.6 Å². The molecule has 0 saturated heterocycles. The lowest BCUT2D eigenvalue weighted by atomic mass is 9.99. The van der Waals surface area contributed by atoms with Crippen LogP contribution in [0.1, 0.15) is 21.5 Å². The molecule has 3 heterocycles. The number of fused-ring (bicyclic) bond motifs is 1. The largest absolute Gasteiger partial charge is 0.481 e. The van der Waals surface area contributed by atoms with Gasteiger partial charge in [0.15, 0.2) is 0 Å². The average molecular weight is 560 g/mol. The molecule has 5 rings (SSSR count). The fraction of sp³-hybridized carbons (Fsp3) is 0.133. The number of nitrogens with zero attached hydrogens (tertiary/aromatic N) is 3. The summed E-state index contributed by atoms with van der Waals surface area (Å²) >= 11 is 0. The van der Waals surface area contributed by atoms with Crippen LogP contribution in [0.4, 0.5) is 30.4 Å². The predicted molar refractivity (Wildman–Crippen MR) is 151 cm³/mol. The molecule has 41 heavy (non-hydrogen) atoms. The van der Waals surface area contributed by atoms with Gasteiger partial charge in [0.25, 0.3) is 11.5 Å². The van der Waals surface area contributed by atoms with E-state index in [9.17, 15) is 22.8 Å². The lowest BCUT2D eigenvalue weighted by Gasteiger charge is -2.14. The number of amides is 1. The van der Waals surface area contributed by atoms with E-state index >= 15 is 0 Å². The van der Waals surface area contributed by atoms with E-state index in [1.54, 1.807) is 61.9 Å². The first-order chi connectivity index (χ1) is 19.5. The normalized spacial score (nSPS) is 11.4. The maximum absolute atomic E-state index is 13.5. The Hall–Kier alpha value is -5.19. The molecule has 8 nitrogen and oxygen atoms in total. The summed E-state index contributed by atoms with van der Waals surface area (Å²) in [6.07, 6.45) is -1.32. The Balaban J connectivity index is 1.45. The lowest BCUT2D eigenvalue weighted by Crippen LogP contribution is -2.19. The second kappa shape index (κ2) is 10.8. The number of ether oxygens (including phenoxy) is 1. The van der Waals surface area contributed by atoms with Crippen molar-refractivity contribution in [1.29, 1.82) is 0 Å². The van der Waals surface area contributed by atoms with Crippen LogP contribution in [0.2, 0.25) is 0 Å². The van der Waals surface area contributed by atoms with E-state index in [4.69, 9.17) is 4.74 Å². The van der Waals surface area contributed by atoms with Crippen LogP contribution in [0.5, 0.6) is 5.88 Å². The molecule has 5 aromatic rings. The van der Waals surface area contributed by atoms with E-state index in [2.05, 4.69) is 20.6 Å². The number of aryl methyl sites for hydroxylation is 2. The summed E-state index contributed by atoms with van der Waals surface area (Å²) in [5.74, 6) is 0.294. The van der Waals surface area contributed by atoms with Gasteiger partial charge in [-0.25, -0.2) is 9.97 Å². The van der Waals surface area contributed by atoms with Crippen molar-refractivity contribution in [2.24, 2.45) is 7.05 Å². The Morgan fingerprint density at radius 1 is 0.927 bits per heavy atom. The van der Waals surface area contributed by atoms with E-state index in [1.165, 1.54) is 23.8 Å². The molecule has 11 heteroatoms. The Morgan fingerprint density at radius 2 is 1.71 bits per heavy atom. The number of benzene rings is 2. The number of hydrogen-bond donors (Lipinski definition) is 2. The average Bonchev–Trinajstić information content (AvgIpc) is 2.96. The number of nitrogens with one attached hydrogen (secondary N) is 2. The topological polar surface area (TPSA) is 98.1 Å². The zero-order valence-corrected chi connectivity index (χ0v) is 22.2. The molecule has 2 N–H and O–H groups in total. The maximum Gasteiger partial charge on any atom is 0.416 e. The third-order valence-electron chi connectivity index (χ3n) is 6.56. The fourth-order valence-electron chi connectivity index (χ4n) is 4.38. The molecule has 0 saturated carbocycles. The number of carbonyl (C=O) groups is 1. The van der Waals surface area contributed by atoms with Gasteiger partial charge in [-0.1, -0.05) is 12.1 Å². The molecular weight excluding hydrogens is 535 g/mol. The van der Waals surface area contributed by atoms with Crippen LogP contribution >= 0.6 is 0 Å². The van der Waals surface area contributed by atoms with Crippen molar-refractivity contribution in [3.05, 3.63) is 106 Å². The van der Waals surface area contributed by atoms with E-state index in [0.717, 1.165) is 17.7 Å². The number of methoxy groups -OCH3 is 1. The van der Waals surface area contributed by atoms with E-state index in [-0.39, 0.29) is 11.1 Å². The van der Waals surface area contributed by atoms with Crippen molar-refractivity contribution >= 4 is 34.0 Å². The number of alkyl halides is 3. The highest BCUT2D eigenvalue weighted by molar-refractivity contribution is 6.04. The molecule has 2 aromatic carbocycles. The summed E-state index contributed by atoms with van der Waals surface area (Å²) in [6, 6.07) is 16.2. The van der Waals surface area contributed by atoms with Crippen LogP contribution in [0, 0.1) is 6.92 Å². The van der Waals surface area contributed by atoms with Crippen LogP contribution in [-0.4, -0.2) is 27.6 Å². The SMILES string of the molecule is COc1ccc(Nc2cc3c(cn2)cc(-c2cc(NC(=O)c4cccc(C(F)(F)F)c4)ccc2C)c(=O)n3C)cn1. The molecule has 3 aromatic heterocycles. The van der Waals surface area contributed by atoms with Crippen LogP contribution in [0.3, 0.4) is 0 Å². The fourth-order valence-corrected chi connectivity index (χ4v) is 4.38. The molecule has 208 valence electrons. The van der Waals surface area contributed by atoms with Crippen LogP contribution in [0.15, 0.2) is 83.9 Å². The zero-order valence-electron chi connectivity index (χ0n) is 22.2. The van der Waals surface area contributed by atoms with Crippen LogP contribution < -0.4 is 20.9 Å². The summed E-state index contributed by atoms with van der Waals surface area (Å²) in [5, 5.41) is 6.49. The van der Waals surface area contributed by atoms with Crippen molar-refractivity contribution in [3.63, 3.8) is 0 Å². The maximum atomic E-state index is 13.5.